The number of halogens is 5. The van der Waals surface area contributed by atoms with E-state index in [2.05, 4.69) is 27.3 Å². The summed E-state index contributed by atoms with van der Waals surface area (Å²) in [5.74, 6) is 0.617. The largest absolute Gasteiger partial charge is 2.00 e. The second-order valence-electron chi connectivity index (χ2n) is 14.0. The van der Waals surface area contributed by atoms with Gasteiger partial charge in [0, 0.05) is 62.5 Å². The maximum Gasteiger partial charge on any atom is 2.00 e. The van der Waals surface area contributed by atoms with E-state index in [1.165, 1.54) is 19.7 Å². The monoisotopic (exact) mass is 864 g/mol. The van der Waals surface area contributed by atoms with Crippen molar-refractivity contribution in [3.8, 4) is 28.3 Å². The van der Waals surface area contributed by atoms with Crippen molar-refractivity contribution in [3.63, 3.8) is 0 Å². The maximum atomic E-state index is 12.5. The molecule has 0 bridgehead atoms. The number of aliphatic hydroxyl groups is 1. The number of fused-ring (bicyclic) bond motifs is 2. The van der Waals surface area contributed by atoms with Crippen molar-refractivity contribution in [2.45, 2.75) is 37.0 Å². The SMILES string of the molecule is COc1nc(-c2cccc(-c3ccc[c-]c3Cl)c2Cl)cc2c1[C@@H](N1CC[C@@]3(CN(CCO)C(=O)N3)C1)CC2.Cn1c(=O)c2[c-]nc(C(F)(F)F)cc2n(C)c1=O.[Mn+2]. The Morgan fingerprint density at radius 3 is 2.49 bits per heavy atom. The number of methoxy groups -OCH3 is 1. The fraction of sp³-hybridized carbons (Fsp3) is 0.359. The van der Waals surface area contributed by atoms with Crippen LogP contribution in [0.25, 0.3) is 33.3 Å². The molecular formula is C39H36Cl2F3MnN7O5. The number of aryl methyl sites for hydroxylation is 2. The van der Waals surface area contributed by atoms with E-state index >= 15 is 0 Å². The number of carbonyl (C=O) groups excluding carboxylic acids is 1. The number of nitrogens with zero attached hydrogens (tertiary/aromatic N) is 6. The Balaban J connectivity index is 0.000000244. The fourth-order valence-corrected chi connectivity index (χ4v) is 8.40. The van der Waals surface area contributed by atoms with Crippen LogP contribution in [0, 0.1) is 12.3 Å². The van der Waals surface area contributed by atoms with Gasteiger partial charge in [0.1, 0.15) is 0 Å². The van der Waals surface area contributed by atoms with Crippen molar-refractivity contribution in [2.75, 3.05) is 39.9 Å². The molecule has 1 radical (unpaired) electrons. The summed E-state index contributed by atoms with van der Waals surface area (Å²) in [5, 5.41) is 13.4. The van der Waals surface area contributed by atoms with E-state index in [1.54, 1.807) is 18.1 Å². The van der Waals surface area contributed by atoms with Gasteiger partial charge >= 0.3 is 35.0 Å². The van der Waals surface area contributed by atoms with Crippen LogP contribution in [-0.4, -0.2) is 85.5 Å². The molecule has 18 heteroatoms. The molecule has 2 saturated heterocycles. The van der Waals surface area contributed by atoms with Gasteiger partial charge in [-0.3, -0.25) is 4.90 Å². The number of urea groups is 1. The third kappa shape index (κ3) is 7.91. The Labute approximate surface area is 345 Å². The molecule has 1 aliphatic carbocycles. The van der Waals surface area contributed by atoms with Gasteiger partial charge in [-0.2, -0.15) is 37.4 Å². The van der Waals surface area contributed by atoms with Crippen LogP contribution in [0.15, 0.2) is 58.1 Å². The first-order chi connectivity index (χ1) is 26.7. The summed E-state index contributed by atoms with van der Waals surface area (Å²) in [4.78, 5) is 47.8. The van der Waals surface area contributed by atoms with Crippen molar-refractivity contribution in [1.29, 1.82) is 0 Å². The van der Waals surface area contributed by atoms with Crippen molar-refractivity contribution in [3.05, 3.63) is 108 Å². The van der Waals surface area contributed by atoms with Gasteiger partial charge < -0.3 is 39.0 Å². The van der Waals surface area contributed by atoms with E-state index in [1.807, 2.05) is 36.5 Å². The summed E-state index contributed by atoms with van der Waals surface area (Å²) in [5.41, 5.74) is 2.53. The molecular weight excluding hydrogens is 829 g/mol. The summed E-state index contributed by atoms with van der Waals surface area (Å²) >= 11 is 13.3. The number of rotatable bonds is 6. The van der Waals surface area contributed by atoms with E-state index in [-0.39, 0.29) is 52.2 Å². The van der Waals surface area contributed by atoms with Gasteiger partial charge in [-0.15, -0.1) is 17.2 Å². The number of aliphatic hydroxyl groups excluding tert-OH is 1. The number of alkyl halides is 3. The van der Waals surface area contributed by atoms with Gasteiger partial charge in [0.2, 0.25) is 5.88 Å². The Bertz CT molecular complexity index is 2480. The number of carbonyl (C=O) groups is 1. The minimum atomic E-state index is -4.65. The van der Waals surface area contributed by atoms with Crippen LogP contribution in [0.2, 0.25) is 10.0 Å². The number of ether oxygens (including phenoxy) is 1. The summed E-state index contributed by atoms with van der Waals surface area (Å²) in [6, 6.07) is 17.4. The fourth-order valence-electron chi connectivity index (χ4n) is 7.85. The smallest absolute Gasteiger partial charge is 0.481 e. The minimum absolute atomic E-state index is 0. The van der Waals surface area contributed by atoms with E-state index in [9.17, 15) is 32.7 Å². The Morgan fingerprint density at radius 2 is 1.79 bits per heavy atom. The van der Waals surface area contributed by atoms with Gasteiger partial charge in [-0.05, 0) is 48.0 Å². The Morgan fingerprint density at radius 1 is 1.05 bits per heavy atom. The van der Waals surface area contributed by atoms with Crippen LogP contribution in [-0.2, 0) is 43.8 Å². The standard InChI is InChI=1S/C29H29Cl2N4O3.C10H7F3N3O2.Mn/c1-38-27-25-18(9-10-24(25)34-12-11-29(16-34)17-35(13-14-36)28(37)33-29)15-23(32-27)21-7-4-6-20(26(21)31)19-5-2-3-8-22(19)30;1-15-6-3-7(10(11,12)13)14-4-5(6)8(17)16(2)9(15)18;/h2-7,15,24,36H,9-14,16-17H2,1H3,(H,33,37);3H,1-2H3;/q2*-1;+2/t24-,29-;;/m0../s1. The van der Waals surface area contributed by atoms with Crippen molar-refractivity contribution in [2.24, 2.45) is 14.1 Å². The average Bonchev–Trinajstić information content (AvgIpc) is 3.88. The summed E-state index contributed by atoms with van der Waals surface area (Å²) in [6.45, 7) is 2.59. The molecule has 1 spiro atoms. The maximum absolute atomic E-state index is 12.5. The van der Waals surface area contributed by atoms with Gasteiger partial charge in [0.25, 0.3) is 0 Å². The third-order valence-corrected chi connectivity index (χ3v) is 11.3. The summed E-state index contributed by atoms with van der Waals surface area (Å²) in [7, 11) is 4.17. The second kappa shape index (κ2) is 16.4. The molecule has 8 rings (SSSR count). The number of β-amino-alcohol motifs (C(OH)–C–C–N with tert-alkyl or cyclic N) is 1. The third-order valence-electron chi connectivity index (χ3n) is 10.6. The molecule has 2 fully saturated rings. The van der Waals surface area contributed by atoms with Crippen LogP contribution < -0.4 is 21.3 Å². The van der Waals surface area contributed by atoms with Crippen LogP contribution >= 0.6 is 23.2 Å². The molecule has 3 aromatic heterocycles. The molecule has 2 amide bonds. The quantitative estimate of drug-likeness (QED) is 0.171. The molecule has 12 nitrogen and oxygen atoms in total. The molecule has 57 heavy (non-hydrogen) atoms. The van der Waals surface area contributed by atoms with Crippen molar-refractivity contribution in [1.82, 2.24) is 34.2 Å². The van der Waals surface area contributed by atoms with Crippen molar-refractivity contribution >= 4 is 40.1 Å². The first-order valence-electron chi connectivity index (χ1n) is 17.7. The topological polar surface area (TPSA) is 135 Å². The van der Waals surface area contributed by atoms with Gasteiger partial charge in [-0.1, -0.05) is 46.5 Å². The first kappa shape index (κ1) is 42.2. The van der Waals surface area contributed by atoms with Crippen molar-refractivity contribution < 1.29 is 44.9 Å². The number of aromatic nitrogens is 4. The van der Waals surface area contributed by atoms with E-state index in [4.69, 9.17) is 32.9 Å². The van der Waals surface area contributed by atoms with Gasteiger partial charge in [0.05, 0.1) is 30.6 Å². The first-order valence-corrected chi connectivity index (χ1v) is 18.4. The number of pyridine rings is 2. The number of likely N-dealkylation sites (tertiary alicyclic amines) is 1. The Kier molecular flexibility index (Phi) is 12.2. The summed E-state index contributed by atoms with van der Waals surface area (Å²) in [6.07, 6.45) is 0.141. The van der Waals surface area contributed by atoms with Gasteiger partial charge in [0.15, 0.2) is 5.56 Å². The zero-order valence-electron chi connectivity index (χ0n) is 30.9. The molecule has 2 aromatic carbocycles. The molecule has 3 aliphatic rings. The zero-order chi connectivity index (χ0) is 40.1. The normalized spacial score (nSPS) is 19.0. The predicted octanol–water partition coefficient (Wildman–Crippen LogP) is 5.43. The van der Waals surface area contributed by atoms with Crippen LogP contribution in [0.3, 0.4) is 0 Å². The molecule has 2 N–H and O–H groups in total. The van der Waals surface area contributed by atoms with E-state index in [0.717, 1.165) is 69.4 Å². The predicted molar refractivity (Wildman–Crippen MR) is 204 cm³/mol. The van der Waals surface area contributed by atoms with Crippen LogP contribution in [0.1, 0.15) is 35.7 Å². The van der Waals surface area contributed by atoms with Crippen LogP contribution in [0.4, 0.5) is 18.0 Å². The van der Waals surface area contributed by atoms with Crippen LogP contribution in [0.5, 0.6) is 5.88 Å². The molecule has 299 valence electrons. The number of amides is 2. The molecule has 2 atom stereocenters. The number of hydrogen-bond donors (Lipinski definition) is 2. The Hall–Kier alpha value is -4.44. The molecule has 0 unspecified atom stereocenters. The number of benzene rings is 2. The number of hydrogen-bond acceptors (Lipinski definition) is 8. The summed E-state index contributed by atoms with van der Waals surface area (Å²) < 4.78 is 45.0. The average molecular weight is 866 g/mol. The van der Waals surface area contributed by atoms with E-state index < -0.39 is 23.1 Å². The molecule has 5 heterocycles. The molecule has 0 saturated carbocycles. The van der Waals surface area contributed by atoms with Gasteiger partial charge in [-0.25, -0.2) is 14.6 Å². The zero-order valence-corrected chi connectivity index (χ0v) is 33.6. The molecule has 5 aromatic rings. The van der Waals surface area contributed by atoms with E-state index in [0.29, 0.717) is 35.1 Å². The second-order valence-corrected chi connectivity index (χ2v) is 14.8. The number of nitrogens with one attached hydrogen (secondary N) is 1. The minimum Gasteiger partial charge on any atom is -0.481 e. The molecule has 2 aliphatic heterocycles.